The van der Waals surface area contributed by atoms with E-state index in [-0.39, 0.29) is 11.7 Å². The van der Waals surface area contributed by atoms with E-state index in [4.69, 9.17) is 5.73 Å². The maximum Gasteiger partial charge on any atom is 0.217 e. The lowest BCUT2D eigenvalue weighted by atomic mass is 9.93. The van der Waals surface area contributed by atoms with Crippen molar-refractivity contribution in [3.05, 3.63) is 35.6 Å². The second-order valence-corrected chi connectivity index (χ2v) is 5.45. The third-order valence-corrected chi connectivity index (χ3v) is 3.89. The van der Waals surface area contributed by atoms with Crippen LogP contribution in [0.2, 0.25) is 0 Å². The van der Waals surface area contributed by atoms with Crippen LogP contribution >= 0.6 is 0 Å². The summed E-state index contributed by atoms with van der Waals surface area (Å²) in [5.74, 6) is -0.284. The van der Waals surface area contributed by atoms with Gasteiger partial charge in [-0.3, -0.25) is 4.79 Å². The topological polar surface area (TPSA) is 66.6 Å². The van der Waals surface area contributed by atoms with Crippen LogP contribution in [0.3, 0.4) is 0 Å². The first-order valence-corrected chi connectivity index (χ1v) is 6.99. The van der Waals surface area contributed by atoms with Gasteiger partial charge in [-0.15, -0.1) is 0 Å². The van der Waals surface area contributed by atoms with E-state index in [1.54, 1.807) is 18.2 Å². The number of primary amides is 1. The van der Waals surface area contributed by atoms with Crippen LogP contribution in [0, 0.1) is 11.7 Å². The van der Waals surface area contributed by atoms with Gasteiger partial charge in [-0.25, -0.2) is 4.39 Å². The molecule has 20 heavy (non-hydrogen) atoms. The molecule has 3 N–H and O–H groups in total. The molecule has 1 saturated heterocycles. The molecule has 1 heterocycles. The van der Waals surface area contributed by atoms with Gasteiger partial charge in [0.15, 0.2) is 0 Å². The normalized spacial score (nSPS) is 18.9. The van der Waals surface area contributed by atoms with Crippen molar-refractivity contribution in [2.45, 2.75) is 25.4 Å². The van der Waals surface area contributed by atoms with Crippen molar-refractivity contribution in [3.63, 3.8) is 0 Å². The summed E-state index contributed by atoms with van der Waals surface area (Å²) in [7, 11) is 0. The molecule has 1 amide bonds. The van der Waals surface area contributed by atoms with Gasteiger partial charge in [0, 0.05) is 18.5 Å². The molecule has 1 aliphatic heterocycles. The number of nitrogens with zero attached hydrogens (tertiary/aromatic N) is 1. The summed E-state index contributed by atoms with van der Waals surface area (Å²) in [5.41, 5.74) is 5.54. The summed E-state index contributed by atoms with van der Waals surface area (Å²) < 4.78 is 13.6. The molecule has 1 aliphatic rings. The number of piperidine rings is 1. The molecular formula is C15H21FN2O2. The molecule has 2 rings (SSSR count). The number of halogens is 1. The number of amides is 1. The number of carbonyl (C=O) groups excluding carboxylic acids is 1. The number of carbonyl (C=O) groups is 1. The Morgan fingerprint density at radius 2 is 2.05 bits per heavy atom. The zero-order valence-corrected chi connectivity index (χ0v) is 11.5. The Balaban J connectivity index is 1.83. The van der Waals surface area contributed by atoms with Gasteiger partial charge in [-0.05, 0) is 37.9 Å². The fraction of sp³-hybridized carbons (Fsp3) is 0.533. The lowest BCUT2D eigenvalue weighted by Crippen LogP contribution is -2.37. The standard InChI is InChI=1S/C15H21FN2O2/c16-13-4-2-1-3-12(13)14(19)10-18-7-5-11(6-8-18)9-15(17)20/h1-4,11,14,19H,5-10H2,(H2,17,20). The average molecular weight is 280 g/mol. The van der Waals surface area contributed by atoms with Crippen LogP contribution in [0.5, 0.6) is 0 Å². The predicted octanol–water partition coefficient (Wildman–Crippen LogP) is 1.45. The number of hydrogen-bond acceptors (Lipinski definition) is 3. The molecule has 1 aromatic rings. The van der Waals surface area contributed by atoms with E-state index in [1.807, 2.05) is 0 Å². The molecule has 0 aliphatic carbocycles. The Bertz CT molecular complexity index is 459. The molecule has 5 heteroatoms. The third-order valence-electron chi connectivity index (χ3n) is 3.89. The molecule has 1 unspecified atom stereocenters. The number of aliphatic hydroxyl groups excluding tert-OH is 1. The van der Waals surface area contributed by atoms with Gasteiger partial charge in [-0.1, -0.05) is 18.2 Å². The van der Waals surface area contributed by atoms with Crippen molar-refractivity contribution in [2.24, 2.45) is 11.7 Å². The molecule has 1 fully saturated rings. The fourth-order valence-corrected chi connectivity index (χ4v) is 2.75. The van der Waals surface area contributed by atoms with E-state index in [0.717, 1.165) is 25.9 Å². The SMILES string of the molecule is NC(=O)CC1CCN(CC(O)c2ccccc2F)CC1. The van der Waals surface area contributed by atoms with Gasteiger partial charge in [0.05, 0.1) is 6.10 Å². The first-order valence-electron chi connectivity index (χ1n) is 6.99. The van der Waals surface area contributed by atoms with Gasteiger partial charge in [-0.2, -0.15) is 0 Å². The molecule has 4 nitrogen and oxygen atoms in total. The number of rotatable bonds is 5. The monoisotopic (exact) mass is 280 g/mol. The van der Waals surface area contributed by atoms with Crippen molar-refractivity contribution in [1.29, 1.82) is 0 Å². The van der Waals surface area contributed by atoms with Gasteiger partial charge in [0.2, 0.25) is 5.91 Å². The number of hydrogen-bond donors (Lipinski definition) is 2. The number of β-amino-alcohol motifs (C(OH)–C–C–N with tert-alkyl or cyclic N) is 1. The Hall–Kier alpha value is -1.46. The van der Waals surface area contributed by atoms with E-state index in [0.29, 0.717) is 24.4 Å². The number of aliphatic hydroxyl groups is 1. The Labute approximate surface area is 118 Å². The number of nitrogens with two attached hydrogens (primary N) is 1. The molecule has 0 aromatic heterocycles. The molecule has 0 radical (unpaired) electrons. The van der Waals surface area contributed by atoms with E-state index in [1.165, 1.54) is 6.07 Å². The summed E-state index contributed by atoms with van der Waals surface area (Å²) in [6.45, 7) is 2.04. The minimum atomic E-state index is -0.816. The van der Waals surface area contributed by atoms with Crippen LogP contribution in [-0.4, -0.2) is 35.5 Å². The van der Waals surface area contributed by atoms with Crippen molar-refractivity contribution in [1.82, 2.24) is 4.90 Å². The highest BCUT2D eigenvalue weighted by molar-refractivity contribution is 5.73. The Kier molecular flexibility index (Phi) is 5.09. The quantitative estimate of drug-likeness (QED) is 0.858. The van der Waals surface area contributed by atoms with E-state index in [2.05, 4.69) is 4.90 Å². The molecule has 1 aromatic carbocycles. The molecule has 0 saturated carbocycles. The van der Waals surface area contributed by atoms with Crippen LogP contribution in [0.25, 0.3) is 0 Å². The first kappa shape index (κ1) is 14.9. The molecule has 110 valence electrons. The van der Waals surface area contributed by atoms with Crippen molar-refractivity contribution in [3.8, 4) is 0 Å². The zero-order chi connectivity index (χ0) is 14.5. The van der Waals surface area contributed by atoms with Crippen LogP contribution in [-0.2, 0) is 4.79 Å². The molecule has 0 bridgehead atoms. The maximum absolute atomic E-state index is 13.6. The summed E-state index contributed by atoms with van der Waals surface area (Å²) in [4.78, 5) is 13.0. The minimum absolute atomic E-state index is 0.255. The van der Waals surface area contributed by atoms with Crippen molar-refractivity contribution >= 4 is 5.91 Å². The maximum atomic E-state index is 13.6. The fourth-order valence-electron chi connectivity index (χ4n) is 2.75. The van der Waals surface area contributed by atoms with Crippen LogP contribution in [0.1, 0.15) is 30.9 Å². The molecule has 1 atom stereocenters. The van der Waals surface area contributed by atoms with Crippen LogP contribution in [0.4, 0.5) is 4.39 Å². The highest BCUT2D eigenvalue weighted by atomic mass is 19.1. The Morgan fingerprint density at radius 3 is 2.65 bits per heavy atom. The molecular weight excluding hydrogens is 259 g/mol. The Morgan fingerprint density at radius 1 is 1.40 bits per heavy atom. The van der Waals surface area contributed by atoms with Gasteiger partial charge >= 0.3 is 0 Å². The van der Waals surface area contributed by atoms with Crippen LogP contribution < -0.4 is 5.73 Å². The van der Waals surface area contributed by atoms with E-state index >= 15 is 0 Å². The molecule has 0 spiro atoms. The summed E-state index contributed by atoms with van der Waals surface area (Å²) >= 11 is 0. The largest absolute Gasteiger partial charge is 0.387 e. The highest BCUT2D eigenvalue weighted by Gasteiger charge is 2.23. The second-order valence-electron chi connectivity index (χ2n) is 5.45. The van der Waals surface area contributed by atoms with Crippen molar-refractivity contribution in [2.75, 3.05) is 19.6 Å². The number of benzene rings is 1. The lowest BCUT2D eigenvalue weighted by molar-refractivity contribution is -0.119. The smallest absolute Gasteiger partial charge is 0.217 e. The third kappa shape index (κ3) is 4.02. The minimum Gasteiger partial charge on any atom is -0.387 e. The summed E-state index contributed by atoms with van der Waals surface area (Å²) in [5, 5.41) is 10.1. The average Bonchev–Trinajstić information content (AvgIpc) is 2.41. The lowest BCUT2D eigenvalue weighted by Gasteiger charge is -2.32. The summed E-state index contributed by atoms with van der Waals surface area (Å²) in [6, 6.07) is 6.30. The van der Waals surface area contributed by atoms with Gasteiger partial charge in [0.1, 0.15) is 5.82 Å². The zero-order valence-electron chi connectivity index (χ0n) is 11.5. The van der Waals surface area contributed by atoms with Crippen molar-refractivity contribution < 1.29 is 14.3 Å². The van der Waals surface area contributed by atoms with Crippen LogP contribution in [0.15, 0.2) is 24.3 Å². The first-order chi connectivity index (χ1) is 9.56. The summed E-state index contributed by atoms with van der Waals surface area (Å²) in [6.07, 6.45) is 1.41. The van der Waals surface area contributed by atoms with Gasteiger partial charge in [0.25, 0.3) is 0 Å². The highest BCUT2D eigenvalue weighted by Crippen LogP contribution is 2.23. The second kappa shape index (κ2) is 6.81. The van der Waals surface area contributed by atoms with E-state index < -0.39 is 6.10 Å². The van der Waals surface area contributed by atoms with Gasteiger partial charge < -0.3 is 15.7 Å². The predicted molar refractivity (Wildman–Crippen MR) is 74.3 cm³/mol. The number of likely N-dealkylation sites (tertiary alicyclic amines) is 1. The van der Waals surface area contributed by atoms with E-state index in [9.17, 15) is 14.3 Å².